The van der Waals surface area contributed by atoms with Crippen LogP contribution in [0.1, 0.15) is 31.4 Å². The van der Waals surface area contributed by atoms with Gasteiger partial charge in [-0.05, 0) is 61.4 Å². The number of esters is 2. The lowest BCUT2D eigenvalue weighted by Crippen LogP contribution is -2.30. The van der Waals surface area contributed by atoms with Gasteiger partial charge in [0.25, 0.3) is 0 Å². The van der Waals surface area contributed by atoms with Crippen LogP contribution in [0.15, 0.2) is 48.6 Å². The molecule has 0 aliphatic rings. The highest BCUT2D eigenvalue weighted by molar-refractivity contribution is 6.10. The monoisotopic (exact) mass is 510 g/mol. The van der Waals surface area contributed by atoms with Crippen molar-refractivity contribution in [1.82, 2.24) is 0 Å². The van der Waals surface area contributed by atoms with E-state index in [4.69, 9.17) is 30.4 Å². The number of methoxy groups -OCH3 is 2. The summed E-state index contributed by atoms with van der Waals surface area (Å²) in [6, 6.07) is 7.87. The quantitative estimate of drug-likeness (QED) is 0.188. The molecule has 2 atom stereocenters. The average molecular weight is 511 g/mol. The summed E-state index contributed by atoms with van der Waals surface area (Å²) in [6.45, 7) is 3.01. The second-order valence-corrected chi connectivity index (χ2v) is 8.02. The molecule has 0 fully saturated rings. The van der Waals surface area contributed by atoms with E-state index in [9.17, 15) is 19.2 Å². The molecular formula is C27H30N2O8. The van der Waals surface area contributed by atoms with Gasteiger partial charge in [0.1, 0.15) is 12.1 Å². The Kier molecular flexibility index (Phi) is 10.7. The van der Waals surface area contributed by atoms with E-state index < -0.39 is 35.6 Å². The number of ketones is 2. The third-order valence-electron chi connectivity index (χ3n) is 4.81. The van der Waals surface area contributed by atoms with Crippen molar-refractivity contribution in [2.45, 2.75) is 32.4 Å². The number of carbonyl (C=O) groups excluding carboxylic acids is 4. The number of rotatable bonds is 12. The van der Waals surface area contributed by atoms with Crippen LogP contribution in [0.5, 0.6) is 23.0 Å². The maximum absolute atomic E-state index is 12.2. The first kappa shape index (κ1) is 29.0. The number of allylic oxidation sites excluding steroid dienone is 2. The van der Waals surface area contributed by atoms with Crippen LogP contribution in [0.25, 0.3) is 12.2 Å². The molecule has 0 aromatic heterocycles. The molecule has 0 spiro atoms. The Morgan fingerprint density at radius 2 is 1.08 bits per heavy atom. The SMILES string of the molecule is COc1cc(/C=C/C(=O)CC(=O)/C=C/c2ccc(OC(=O)C(C)N)c(OC)c2)ccc1OC(=O)C(C)N. The molecule has 0 amide bonds. The molecule has 0 aliphatic carbocycles. The van der Waals surface area contributed by atoms with Crippen molar-refractivity contribution in [2.75, 3.05) is 14.2 Å². The highest BCUT2D eigenvalue weighted by Gasteiger charge is 2.15. The summed E-state index contributed by atoms with van der Waals surface area (Å²) in [5.74, 6) is -1.05. The van der Waals surface area contributed by atoms with Crippen molar-refractivity contribution >= 4 is 35.7 Å². The zero-order valence-corrected chi connectivity index (χ0v) is 21.1. The predicted molar refractivity (Wildman–Crippen MR) is 137 cm³/mol. The van der Waals surface area contributed by atoms with E-state index in [0.29, 0.717) is 11.1 Å². The molecule has 2 unspecified atom stereocenters. The summed E-state index contributed by atoms with van der Waals surface area (Å²) in [4.78, 5) is 47.9. The predicted octanol–water partition coefficient (Wildman–Crippen LogP) is 2.46. The summed E-state index contributed by atoms with van der Waals surface area (Å²) in [6.07, 6.45) is 5.26. The Hall–Kier alpha value is -4.28. The molecule has 10 heteroatoms. The van der Waals surface area contributed by atoms with Crippen molar-refractivity contribution < 1.29 is 38.1 Å². The molecule has 4 N–H and O–H groups in total. The molecule has 0 heterocycles. The van der Waals surface area contributed by atoms with Crippen LogP contribution in [-0.2, 0) is 19.2 Å². The van der Waals surface area contributed by atoms with Crippen LogP contribution < -0.4 is 30.4 Å². The molecule has 0 radical (unpaired) electrons. The minimum Gasteiger partial charge on any atom is -0.493 e. The molecular weight excluding hydrogens is 480 g/mol. The summed E-state index contributed by atoms with van der Waals surface area (Å²) in [5, 5.41) is 0. The summed E-state index contributed by atoms with van der Waals surface area (Å²) >= 11 is 0. The Balaban J connectivity index is 2.00. The smallest absolute Gasteiger partial charge is 0.328 e. The topological polar surface area (TPSA) is 157 Å². The standard InChI is InChI=1S/C27H30N2O8/c1-16(28)26(32)36-22-11-7-18(13-24(22)34-3)5-9-20(30)15-21(31)10-6-19-8-12-23(25(14-19)35-4)37-27(33)17(2)29/h5-14,16-17H,15,28-29H2,1-4H3/b9-5+,10-6+. The zero-order valence-electron chi connectivity index (χ0n) is 21.1. The van der Waals surface area contributed by atoms with Crippen LogP contribution >= 0.6 is 0 Å². The van der Waals surface area contributed by atoms with E-state index in [1.54, 1.807) is 24.3 Å². The van der Waals surface area contributed by atoms with E-state index >= 15 is 0 Å². The number of hydrogen-bond donors (Lipinski definition) is 2. The van der Waals surface area contributed by atoms with Gasteiger partial charge in [-0.1, -0.05) is 24.3 Å². The van der Waals surface area contributed by atoms with Gasteiger partial charge in [0.15, 0.2) is 34.6 Å². The van der Waals surface area contributed by atoms with Crippen molar-refractivity contribution in [1.29, 1.82) is 0 Å². The maximum Gasteiger partial charge on any atom is 0.328 e. The molecule has 0 saturated heterocycles. The van der Waals surface area contributed by atoms with Gasteiger partial charge >= 0.3 is 11.9 Å². The van der Waals surface area contributed by atoms with Gasteiger partial charge in [-0.25, -0.2) is 9.59 Å². The number of nitrogens with two attached hydrogens (primary N) is 2. The molecule has 0 aliphatic heterocycles. The van der Waals surface area contributed by atoms with Crippen LogP contribution in [-0.4, -0.2) is 49.8 Å². The Morgan fingerprint density at radius 3 is 1.41 bits per heavy atom. The van der Waals surface area contributed by atoms with Gasteiger partial charge in [0.05, 0.1) is 20.6 Å². The van der Waals surface area contributed by atoms with Gasteiger partial charge in [0, 0.05) is 0 Å². The number of carbonyl (C=O) groups is 4. The summed E-state index contributed by atoms with van der Waals surface area (Å²) in [5.41, 5.74) is 12.2. The van der Waals surface area contributed by atoms with Gasteiger partial charge in [-0.3, -0.25) is 9.59 Å². The third-order valence-corrected chi connectivity index (χ3v) is 4.81. The lowest BCUT2D eigenvalue weighted by atomic mass is 10.1. The van der Waals surface area contributed by atoms with Crippen LogP contribution in [0.4, 0.5) is 0 Å². The number of benzene rings is 2. The molecule has 10 nitrogen and oxygen atoms in total. The fourth-order valence-corrected chi connectivity index (χ4v) is 2.81. The molecule has 2 rings (SSSR count). The zero-order chi connectivity index (χ0) is 27.5. The normalized spacial score (nSPS) is 12.7. The van der Waals surface area contributed by atoms with E-state index in [1.165, 1.54) is 64.5 Å². The van der Waals surface area contributed by atoms with Gasteiger partial charge in [0.2, 0.25) is 0 Å². The van der Waals surface area contributed by atoms with E-state index in [0.717, 1.165) is 0 Å². The fraction of sp³-hybridized carbons (Fsp3) is 0.259. The molecule has 37 heavy (non-hydrogen) atoms. The Bertz CT molecular complexity index is 1120. The highest BCUT2D eigenvalue weighted by Crippen LogP contribution is 2.30. The van der Waals surface area contributed by atoms with E-state index in [1.807, 2.05) is 0 Å². The molecule has 196 valence electrons. The lowest BCUT2D eigenvalue weighted by molar-refractivity contribution is -0.136. The Labute approximate surface area is 214 Å². The summed E-state index contributed by atoms with van der Waals surface area (Å²) in [7, 11) is 2.83. The maximum atomic E-state index is 12.2. The first-order valence-corrected chi connectivity index (χ1v) is 11.3. The van der Waals surface area contributed by atoms with Crippen molar-refractivity contribution in [3.63, 3.8) is 0 Å². The second kappa shape index (κ2) is 13.7. The second-order valence-electron chi connectivity index (χ2n) is 8.02. The Morgan fingerprint density at radius 1 is 0.703 bits per heavy atom. The number of hydrogen-bond acceptors (Lipinski definition) is 10. The first-order chi connectivity index (χ1) is 17.5. The minimum atomic E-state index is -0.792. The fourth-order valence-electron chi connectivity index (χ4n) is 2.81. The van der Waals surface area contributed by atoms with E-state index in [-0.39, 0.29) is 29.4 Å². The molecule has 0 saturated carbocycles. The van der Waals surface area contributed by atoms with Crippen molar-refractivity contribution in [3.05, 3.63) is 59.7 Å². The first-order valence-electron chi connectivity index (χ1n) is 11.3. The van der Waals surface area contributed by atoms with Gasteiger partial charge in [-0.15, -0.1) is 0 Å². The van der Waals surface area contributed by atoms with Gasteiger partial charge in [-0.2, -0.15) is 0 Å². The summed E-state index contributed by atoms with van der Waals surface area (Å²) < 4.78 is 20.8. The van der Waals surface area contributed by atoms with E-state index in [2.05, 4.69) is 0 Å². The third kappa shape index (κ3) is 9.02. The van der Waals surface area contributed by atoms with Crippen LogP contribution in [0, 0.1) is 0 Å². The minimum absolute atomic E-state index is 0.199. The molecule has 0 bridgehead atoms. The van der Waals surface area contributed by atoms with Crippen molar-refractivity contribution in [2.24, 2.45) is 11.5 Å². The van der Waals surface area contributed by atoms with Crippen LogP contribution in [0.3, 0.4) is 0 Å². The molecule has 2 aromatic rings. The van der Waals surface area contributed by atoms with Crippen molar-refractivity contribution in [3.8, 4) is 23.0 Å². The average Bonchev–Trinajstić information content (AvgIpc) is 2.87. The molecule has 2 aromatic carbocycles. The highest BCUT2D eigenvalue weighted by atomic mass is 16.6. The number of ether oxygens (including phenoxy) is 4. The van der Waals surface area contributed by atoms with Crippen LogP contribution in [0.2, 0.25) is 0 Å². The van der Waals surface area contributed by atoms with Gasteiger partial charge < -0.3 is 30.4 Å². The largest absolute Gasteiger partial charge is 0.493 e. The lowest BCUT2D eigenvalue weighted by Gasteiger charge is -2.11.